The second-order valence-electron chi connectivity index (χ2n) is 6.49. The number of carboxylic acid groups (broad SMARTS) is 1. The van der Waals surface area contributed by atoms with Gasteiger partial charge in [0, 0.05) is 16.1 Å². The Hall–Kier alpha value is -1.36. The molecule has 0 radical (unpaired) electrons. The van der Waals surface area contributed by atoms with Gasteiger partial charge in [0.25, 0.3) is 5.91 Å². The molecule has 1 unspecified atom stereocenters. The quantitative estimate of drug-likeness (QED) is 0.844. The molecule has 1 amide bonds. The van der Waals surface area contributed by atoms with Crippen LogP contribution < -0.4 is 5.32 Å². The number of benzene rings is 1. The van der Waals surface area contributed by atoms with E-state index in [0.717, 1.165) is 10.0 Å². The van der Waals surface area contributed by atoms with Crippen molar-refractivity contribution in [3.8, 4) is 0 Å². The number of nitrogens with one attached hydrogen (secondary N) is 1. The zero-order valence-electron chi connectivity index (χ0n) is 12.9. The molecular weight excluding hydrogens is 334 g/mol. The van der Waals surface area contributed by atoms with Gasteiger partial charge in [0.1, 0.15) is 0 Å². The van der Waals surface area contributed by atoms with Crippen LogP contribution in [-0.4, -0.2) is 23.0 Å². The van der Waals surface area contributed by atoms with Crippen LogP contribution in [0.2, 0.25) is 0 Å². The monoisotopic (exact) mass is 355 g/mol. The number of carbonyl (C=O) groups is 2. The summed E-state index contributed by atoms with van der Waals surface area (Å²) in [6, 6.07) is 5.03. The Bertz CT molecular complexity index is 535. The summed E-state index contributed by atoms with van der Waals surface area (Å²) < 4.78 is 0.910. The van der Waals surface area contributed by atoms with E-state index in [0.29, 0.717) is 12.0 Å². The molecule has 0 aromatic heterocycles. The average molecular weight is 356 g/mol. The Labute approximate surface area is 134 Å². The maximum atomic E-state index is 12.3. The fraction of sp³-hybridized carbons (Fsp3) is 0.500. The third kappa shape index (κ3) is 6.29. The van der Waals surface area contributed by atoms with Gasteiger partial charge in [-0.2, -0.15) is 0 Å². The summed E-state index contributed by atoms with van der Waals surface area (Å²) in [5.74, 6) is -1.13. The lowest BCUT2D eigenvalue weighted by Crippen LogP contribution is -2.39. The maximum absolute atomic E-state index is 12.3. The van der Waals surface area contributed by atoms with Crippen LogP contribution in [0.5, 0.6) is 0 Å². The third-order valence-corrected chi connectivity index (χ3v) is 3.54. The molecule has 0 saturated carbocycles. The van der Waals surface area contributed by atoms with Crippen molar-refractivity contribution in [1.82, 2.24) is 5.32 Å². The third-order valence-electron chi connectivity index (χ3n) is 3.05. The molecule has 1 rings (SSSR count). The molecule has 0 bridgehead atoms. The van der Waals surface area contributed by atoms with Gasteiger partial charge in [-0.15, -0.1) is 0 Å². The van der Waals surface area contributed by atoms with Crippen molar-refractivity contribution in [3.63, 3.8) is 0 Å². The predicted octanol–water partition coefficient (Wildman–Crippen LogP) is 3.77. The summed E-state index contributed by atoms with van der Waals surface area (Å²) in [5.41, 5.74) is 1.37. The second-order valence-corrected chi connectivity index (χ2v) is 7.41. The molecule has 1 aromatic carbocycles. The van der Waals surface area contributed by atoms with E-state index in [9.17, 15) is 9.59 Å². The Morgan fingerprint density at radius 2 is 1.95 bits per heavy atom. The predicted molar refractivity (Wildman–Crippen MR) is 86.5 cm³/mol. The number of rotatable bonds is 5. The van der Waals surface area contributed by atoms with Crippen LogP contribution in [0, 0.1) is 12.3 Å². The Balaban J connectivity index is 2.86. The van der Waals surface area contributed by atoms with E-state index < -0.39 is 5.97 Å². The molecule has 0 fully saturated rings. The maximum Gasteiger partial charge on any atom is 0.305 e. The first-order valence-electron chi connectivity index (χ1n) is 6.87. The van der Waals surface area contributed by atoms with Crippen molar-refractivity contribution in [2.75, 3.05) is 0 Å². The molecular formula is C16H22BrNO3. The highest BCUT2D eigenvalue weighted by Gasteiger charge is 2.23. The average Bonchev–Trinajstić information content (AvgIpc) is 2.24. The SMILES string of the molecule is Cc1cc(Br)ccc1C(=O)NC(CC(=O)O)CC(C)(C)C. The zero-order valence-corrected chi connectivity index (χ0v) is 14.5. The van der Waals surface area contributed by atoms with Crippen molar-refractivity contribution in [2.45, 2.75) is 46.6 Å². The van der Waals surface area contributed by atoms with Crippen molar-refractivity contribution in [2.24, 2.45) is 5.41 Å². The van der Waals surface area contributed by atoms with Crippen LogP contribution in [0.4, 0.5) is 0 Å². The molecule has 0 aliphatic rings. The van der Waals surface area contributed by atoms with Crippen molar-refractivity contribution in [1.29, 1.82) is 0 Å². The minimum absolute atomic E-state index is 0.0534. The smallest absolute Gasteiger partial charge is 0.305 e. The van der Waals surface area contributed by atoms with E-state index in [2.05, 4.69) is 21.2 Å². The number of aryl methyl sites for hydroxylation is 1. The number of aliphatic carboxylic acids is 1. The minimum atomic E-state index is -0.905. The van der Waals surface area contributed by atoms with Gasteiger partial charge in [0.05, 0.1) is 6.42 Å². The second kappa shape index (κ2) is 7.07. The lowest BCUT2D eigenvalue weighted by molar-refractivity contribution is -0.137. The van der Waals surface area contributed by atoms with Gasteiger partial charge < -0.3 is 10.4 Å². The van der Waals surface area contributed by atoms with Gasteiger partial charge in [-0.25, -0.2) is 0 Å². The standard InChI is InChI=1S/C16H22BrNO3/c1-10-7-11(17)5-6-13(10)15(21)18-12(8-14(19)20)9-16(2,3)4/h5-7,12H,8-9H2,1-4H3,(H,18,21)(H,19,20). The van der Waals surface area contributed by atoms with Crippen molar-refractivity contribution >= 4 is 27.8 Å². The topological polar surface area (TPSA) is 66.4 Å². The largest absolute Gasteiger partial charge is 0.481 e. The molecule has 116 valence electrons. The van der Waals surface area contributed by atoms with E-state index >= 15 is 0 Å². The summed E-state index contributed by atoms with van der Waals surface area (Å²) in [7, 11) is 0. The van der Waals surface area contributed by atoms with Gasteiger partial charge in [-0.05, 0) is 42.5 Å². The fourth-order valence-corrected chi connectivity index (χ4v) is 2.74. The van der Waals surface area contributed by atoms with Gasteiger partial charge in [0.2, 0.25) is 0 Å². The highest BCUT2D eigenvalue weighted by molar-refractivity contribution is 9.10. The minimum Gasteiger partial charge on any atom is -0.481 e. The molecule has 0 saturated heterocycles. The van der Waals surface area contributed by atoms with Crippen LogP contribution in [0.25, 0.3) is 0 Å². The Kier molecular flexibility index (Phi) is 5.96. The molecule has 0 aliphatic heterocycles. The van der Waals surface area contributed by atoms with E-state index in [1.807, 2.05) is 33.8 Å². The molecule has 1 atom stereocenters. The number of hydrogen-bond donors (Lipinski definition) is 2. The molecule has 21 heavy (non-hydrogen) atoms. The number of halogens is 1. The highest BCUT2D eigenvalue weighted by Crippen LogP contribution is 2.23. The van der Waals surface area contributed by atoms with Crippen molar-refractivity contribution in [3.05, 3.63) is 33.8 Å². The number of amides is 1. The highest BCUT2D eigenvalue weighted by atomic mass is 79.9. The van der Waals surface area contributed by atoms with E-state index in [-0.39, 0.29) is 23.8 Å². The Morgan fingerprint density at radius 3 is 2.43 bits per heavy atom. The summed E-state index contributed by atoms with van der Waals surface area (Å²) in [4.78, 5) is 23.3. The molecule has 2 N–H and O–H groups in total. The van der Waals surface area contributed by atoms with Crippen LogP contribution in [0.1, 0.15) is 49.5 Å². The zero-order chi connectivity index (χ0) is 16.2. The summed E-state index contributed by atoms with van der Waals surface area (Å²) in [6.07, 6.45) is 0.541. The fourth-order valence-electron chi connectivity index (χ4n) is 2.27. The number of carbonyl (C=O) groups excluding carboxylic acids is 1. The summed E-state index contributed by atoms with van der Waals surface area (Å²) in [6.45, 7) is 7.94. The van der Waals surface area contributed by atoms with Crippen LogP contribution in [0.3, 0.4) is 0 Å². The number of carboxylic acids is 1. The van der Waals surface area contributed by atoms with E-state index in [1.165, 1.54) is 0 Å². The van der Waals surface area contributed by atoms with Gasteiger partial charge >= 0.3 is 5.97 Å². The molecule has 0 aliphatic carbocycles. The van der Waals surface area contributed by atoms with Gasteiger partial charge in [0.15, 0.2) is 0 Å². The van der Waals surface area contributed by atoms with Crippen LogP contribution in [-0.2, 0) is 4.79 Å². The molecule has 0 heterocycles. The van der Waals surface area contributed by atoms with E-state index in [4.69, 9.17) is 5.11 Å². The molecule has 5 heteroatoms. The number of hydrogen-bond acceptors (Lipinski definition) is 2. The van der Waals surface area contributed by atoms with Crippen molar-refractivity contribution < 1.29 is 14.7 Å². The van der Waals surface area contributed by atoms with Gasteiger partial charge in [-0.1, -0.05) is 36.7 Å². The van der Waals surface area contributed by atoms with Gasteiger partial charge in [-0.3, -0.25) is 9.59 Å². The molecule has 1 aromatic rings. The van der Waals surface area contributed by atoms with E-state index in [1.54, 1.807) is 12.1 Å². The Morgan fingerprint density at radius 1 is 1.33 bits per heavy atom. The molecule has 4 nitrogen and oxygen atoms in total. The van der Waals surface area contributed by atoms with Crippen LogP contribution in [0.15, 0.2) is 22.7 Å². The first-order valence-corrected chi connectivity index (χ1v) is 7.66. The summed E-state index contributed by atoms with van der Waals surface area (Å²) in [5, 5.41) is 11.8. The molecule has 0 spiro atoms. The summed E-state index contributed by atoms with van der Waals surface area (Å²) >= 11 is 3.36. The first-order chi connectivity index (χ1) is 9.58. The normalized spacial score (nSPS) is 12.8. The lowest BCUT2D eigenvalue weighted by atomic mass is 9.87. The lowest BCUT2D eigenvalue weighted by Gasteiger charge is -2.26. The van der Waals surface area contributed by atoms with Crippen LogP contribution >= 0.6 is 15.9 Å². The first kappa shape index (κ1) is 17.7.